The van der Waals surface area contributed by atoms with E-state index < -0.39 is 0 Å². The molecule has 0 spiro atoms. The molecule has 2 aliphatic rings. The zero-order valence-electron chi connectivity index (χ0n) is 12.4. The molecule has 0 saturated heterocycles. The number of fused-ring (bicyclic) bond motifs is 1. The van der Waals surface area contributed by atoms with Gasteiger partial charge in [0.1, 0.15) is 5.75 Å². The third kappa shape index (κ3) is 2.59. The smallest absolute Gasteiger partial charge is 0.201 e. The monoisotopic (exact) mass is 285 g/mol. The van der Waals surface area contributed by atoms with Crippen LogP contribution in [0.3, 0.4) is 0 Å². The molecule has 0 bridgehead atoms. The summed E-state index contributed by atoms with van der Waals surface area (Å²) in [4.78, 5) is 4.50. The van der Waals surface area contributed by atoms with Gasteiger partial charge in [-0.3, -0.25) is 0 Å². The van der Waals surface area contributed by atoms with Gasteiger partial charge in [-0.1, -0.05) is 25.7 Å². The van der Waals surface area contributed by atoms with Crippen molar-refractivity contribution in [2.75, 3.05) is 12.3 Å². The Labute approximate surface area is 125 Å². The van der Waals surface area contributed by atoms with Crippen LogP contribution in [-0.4, -0.2) is 16.2 Å². The topological polar surface area (TPSA) is 53.1 Å². The zero-order valence-corrected chi connectivity index (χ0v) is 12.4. The number of nitrogens with two attached hydrogens (primary N) is 1. The lowest BCUT2D eigenvalue weighted by molar-refractivity contribution is 0.302. The Morgan fingerprint density at radius 2 is 2.00 bits per heavy atom. The average molecular weight is 285 g/mol. The Hall–Kier alpha value is -1.71. The predicted octanol–water partition coefficient (Wildman–Crippen LogP) is 3.91. The van der Waals surface area contributed by atoms with Crippen molar-refractivity contribution in [3.05, 3.63) is 18.2 Å². The van der Waals surface area contributed by atoms with Gasteiger partial charge in [0, 0.05) is 12.1 Å². The minimum absolute atomic E-state index is 0.511. The Balaban J connectivity index is 1.59. The molecular formula is C17H23N3O. The largest absolute Gasteiger partial charge is 0.494 e. The number of hydrogen-bond donors (Lipinski definition) is 1. The van der Waals surface area contributed by atoms with Crippen molar-refractivity contribution in [2.45, 2.75) is 51.0 Å². The van der Waals surface area contributed by atoms with Crippen molar-refractivity contribution in [3.8, 4) is 5.75 Å². The second kappa shape index (κ2) is 5.24. The molecule has 2 fully saturated rings. The number of ether oxygens (including phenoxy) is 1. The third-order valence-corrected chi connectivity index (χ3v) is 4.87. The third-order valence-electron chi connectivity index (χ3n) is 4.87. The molecule has 0 unspecified atom stereocenters. The molecule has 0 amide bonds. The van der Waals surface area contributed by atoms with Crippen LogP contribution >= 0.6 is 0 Å². The molecule has 0 radical (unpaired) electrons. The van der Waals surface area contributed by atoms with Crippen molar-refractivity contribution in [2.24, 2.45) is 5.92 Å². The summed E-state index contributed by atoms with van der Waals surface area (Å²) < 4.78 is 8.13. The van der Waals surface area contributed by atoms with E-state index >= 15 is 0 Å². The number of rotatable bonds is 5. The van der Waals surface area contributed by atoms with E-state index in [0.717, 1.165) is 29.3 Å². The molecule has 21 heavy (non-hydrogen) atoms. The number of nitrogen functional groups attached to an aromatic ring is 1. The fourth-order valence-electron chi connectivity index (χ4n) is 3.48. The van der Waals surface area contributed by atoms with Crippen molar-refractivity contribution in [1.29, 1.82) is 0 Å². The number of aromatic nitrogens is 2. The Kier molecular flexibility index (Phi) is 3.24. The van der Waals surface area contributed by atoms with Crippen LogP contribution in [0.5, 0.6) is 5.75 Å². The second-order valence-electron chi connectivity index (χ2n) is 6.51. The lowest BCUT2D eigenvalue weighted by Crippen LogP contribution is -2.08. The summed E-state index contributed by atoms with van der Waals surface area (Å²) in [6.07, 6.45) is 8.95. The van der Waals surface area contributed by atoms with Gasteiger partial charge in [-0.25, -0.2) is 4.98 Å². The van der Waals surface area contributed by atoms with E-state index in [-0.39, 0.29) is 0 Å². The molecule has 4 rings (SSSR count). The number of benzene rings is 1. The van der Waals surface area contributed by atoms with Crippen LogP contribution in [0.2, 0.25) is 0 Å². The lowest BCUT2D eigenvalue weighted by Gasteiger charge is -2.14. The van der Waals surface area contributed by atoms with Gasteiger partial charge >= 0.3 is 0 Å². The summed E-state index contributed by atoms with van der Waals surface area (Å²) in [6, 6.07) is 6.67. The van der Waals surface area contributed by atoms with E-state index in [9.17, 15) is 0 Å². The van der Waals surface area contributed by atoms with Crippen LogP contribution < -0.4 is 10.5 Å². The minimum atomic E-state index is 0.511. The van der Waals surface area contributed by atoms with Gasteiger partial charge < -0.3 is 15.0 Å². The van der Waals surface area contributed by atoms with Gasteiger partial charge in [0.2, 0.25) is 5.95 Å². The molecule has 0 aliphatic heterocycles. The molecule has 2 N–H and O–H groups in total. The summed E-state index contributed by atoms with van der Waals surface area (Å²) in [5.41, 5.74) is 8.25. The summed E-state index contributed by atoms with van der Waals surface area (Å²) in [5.74, 6) is 2.50. The predicted molar refractivity (Wildman–Crippen MR) is 84.5 cm³/mol. The van der Waals surface area contributed by atoms with Crippen molar-refractivity contribution >= 4 is 17.0 Å². The molecule has 1 aromatic heterocycles. The molecule has 4 nitrogen and oxygen atoms in total. The molecule has 0 atom stereocenters. The summed E-state index contributed by atoms with van der Waals surface area (Å²) in [5, 5.41) is 0. The van der Waals surface area contributed by atoms with Gasteiger partial charge in [-0.05, 0) is 37.3 Å². The van der Waals surface area contributed by atoms with Crippen LogP contribution in [0.15, 0.2) is 18.2 Å². The Bertz CT molecular complexity index is 639. The quantitative estimate of drug-likeness (QED) is 0.906. The maximum absolute atomic E-state index is 6.14. The van der Waals surface area contributed by atoms with Crippen LogP contribution in [0, 0.1) is 5.92 Å². The van der Waals surface area contributed by atoms with E-state index in [1.807, 2.05) is 12.1 Å². The van der Waals surface area contributed by atoms with E-state index in [1.54, 1.807) is 0 Å². The maximum atomic E-state index is 6.14. The van der Waals surface area contributed by atoms with E-state index in [4.69, 9.17) is 10.5 Å². The lowest BCUT2D eigenvalue weighted by atomic mass is 10.2. The number of hydrogen-bond acceptors (Lipinski definition) is 3. The summed E-state index contributed by atoms with van der Waals surface area (Å²) in [6.45, 7) is 0.823. The number of nitrogens with zero attached hydrogens (tertiary/aromatic N) is 2. The molecule has 2 aromatic rings. The first-order valence-electron chi connectivity index (χ1n) is 8.21. The van der Waals surface area contributed by atoms with E-state index in [2.05, 4.69) is 15.6 Å². The van der Waals surface area contributed by atoms with Crippen LogP contribution in [0.1, 0.15) is 51.0 Å². The fraction of sp³-hybridized carbons (Fsp3) is 0.588. The summed E-state index contributed by atoms with van der Waals surface area (Å²) >= 11 is 0. The van der Waals surface area contributed by atoms with Gasteiger partial charge in [0.25, 0.3) is 0 Å². The SMILES string of the molecule is Nc1nc2ccc(OCCC3CC3)cc2n1C1CCCC1. The van der Waals surface area contributed by atoms with Gasteiger partial charge in [-0.2, -0.15) is 0 Å². The first-order chi connectivity index (χ1) is 10.3. The number of anilines is 1. The molecule has 4 heteroatoms. The molecule has 1 aromatic carbocycles. The van der Waals surface area contributed by atoms with Crippen molar-refractivity contribution in [3.63, 3.8) is 0 Å². The highest BCUT2D eigenvalue weighted by Crippen LogP contribution is 2.36. The first-order valence-corrected chi connectivity index (χ1v) is 8.21. The molecule has 112 valence electrons. The molecule has 2 aliphatic carbocycles. The minimum Gasteiger partial charge on any atom is -0.494 e. The Morgan fingerprint density at radius 1 is 1.19 bits per heavy atom. The molecule has 2 saturated carbocycles. The van der Waals surface area contributed by atoms with Crippen molar-refractivity contribution in [1.82, 2.24) is 9.55 Å². The highest BCUT2D eigenvalue weighted by molar-refractivity contribution is 5.80. The van der Waals surface area contributed by atoms with Gasteiger partial charge in [0.15, 0.2) is 0 Å². The first kappa shape index (κ1) is 13.0. The van der Waals surface area contributed by atoms with E-state index in [0.29, 0.717) is 12.0 Å². The Morgan fingerprint density at radius 3 is 2.76 bits per heavy atom. The zero-order chi connectivity index (χ0) is 14.2. The number of imidazole rings is 1. The van der Waals surface area contributed by atoms with Crippen LogP contribution in [-0.2, 0) is 0 Å². The van der Waals surface area contributed by atoms with Crippen LogP contribution in [0.4, 0.5) is 5.95 Å². The highest BCUT2D eigenvalue weighted by Gasteiger charge is 2.22. The fourth-order valence-corrected chi connectivity index (χ4v) is 3.48. The van der Waals surface area contributed by atoms with Gasteiger partial charge in [0.05, 0.1) is 17.6 Å². The van der Waals surface area contributed by atoms with Gasteiger partial charge in [-0.15, -0.1) is 0 Å². The molecular weight excluding hydrogens is 262 g/mol. The average Bonchev–Trinajstić information content (AvgIpc) is 3.03. The summed E-state index contributed by atoms with van der Waals surface area (Å²) in [7, 11) is 0. The van der Waals surface area contributed by atoms with E-state index in [1.165, 1.54) is 44.9 Å². The standard InChI is InChI=1S/C17H23N3O/c18-17-19-15-8-7-14(21-10-9-12-5-6-12)11-16(15)20(17)13-3-1-2-4-13/h7-8,11-13H,1-6,9-10H2,(H2,18,19). The maximum Gasteiger partial charge on any atom is 0.201 e. The highest BCUT2D eigenvalue weighted by atomic mass is 16.5. The van der Waals surface area contributed by atoms with Crippen molar-refractivity contribution < 1.29 is 4.74 Å². The molecule has 1 heterocycles. The van der Waals surface area contributed by atoms with Crippen LogP contribution in [0.25, 0.3) is 11.0 Å². The second-order valence-corrected chi connectivity index (χ2v) is 6.51. The normalized spacial score (nSPS) is 19.4.